The minimum atomic E-state index is -1.17. The van der Waals surface area contributed by atoms with E-state index in [-0.39, 0.29) is 23.9 Å². The first-order valence-electron chi connectivity index (χ1n) is 13.8. The number of aromatic nitrogens is 3. The molecule has 1 atom stereocenters. The first-order valence-corrected chi connectivity index (χ1v) is 14.6. The van der Waals surface area contributed by atoms with Crippen molar-refractivity contribution >= 4 is 27.5 Å². The number of aromatic carboxylic acids is 1. The number of benzene rings is 2. The van der Waals surface area contributed by atoms with Crippen LogP contribution in [0, 0.1) is 6.92 Å². The number of carboxylic acids is 1. The fraction of sp³-hybridized carbons (Fsp3) is 0.290. The van der Waals surface area contributed by atoms with E-state index < -0.39 is 23.3 Å². The third-order valence-electron chi connectivity index (χ3n) is 7.55. The van der Waals surface area contributed by atoms with Crippen molar-refractivity contribution in [2.75, 3.05) is 20.3 Å². The lowest BCUT2D eigenvalue weighted by molar-refractivity contribution is -0.0752. The van der Waals surface area contributed by atoms with Gasteiger partial charge >= 0.3 is 11.7 Å². The summed E-state index contributed by atoms with van der Waals surface area (Å²) in [6.45, 7) is 2.98. The van der Waals surface area contributed by atoms with E-state index in [4.69, 9.17) is 18.6 Å². The molecule has 0 saturated carbocycles. The summed E-state index contributed by atoms with van der Waals surface area (Å²) in [5, 5.41) is 9.91. The van der Waals surface area contributed by atoms with Gasteiger partial charge in [-0.25, -0.2) is 19.1 Å². The van der Waals surface area contributed by atoms with Crippen molar-refractivity contribution in [2.45, 2.75) is 38.5 Å². The van der Waals surface area contributed by atoms with Gasteiger partial charge in [-0.2, -0.15) is 0 Å². The molecule has 0 bridgehead atoms. The van der Waals surface area contributed by atoms with Crippen LogP contribution in [0.15, 0.2) is 75.0 Å². The van der Waals surface area contributed by atoms with Crippen LogP contribution in [0.3, 0.4) is 0 Å². The van der Waals surface area contributed by atoms with E-state index in [1.54, 1.807) is 20.1 Å². The SMILES string of the molecule is COc1ccccc1[C@H](Cn1c(=O)n(-c2cccc(C(=O)O)c2)c(=O)c2c(C)c(-c3ncco3)sc21)OC1CCOCC1. The van der Waals surface area contributed by atoms with E-state index in [0.717, 1.165) is 10.1 Å². The average Bonchev–Trinajstić information content (AvgIpc) is 3.67. The smallest absolute Gasteiger partial charge is 0.336 e. The predicted octanol–water partition coefficient (Wildman–Crippen LogP) is 4.82. The maximum Gasteiger partial charge on any atom is 0.336 e. The van der Waals surface area contributed by atoms with Gasteiger partial charge in [0.05, 0.1) is 47.5 Å². The molecule has 11 nitrogen and oxygen atoms in total. The van der Waals surface area contributed by atoms with Crippen LogP contribution in [0.1, 0.15) is 40.4 Å². The highest BCUT2D eigenvalue weighted by Gasteiger charge is 2.28. The van der Waals surface area contributed by atoms with Crippen molar-refractivity contribution < 1.29 is 28.5 Å². The first-order chi connectivity index (χ1) is 20.9. The minimum absolute atomic E-state index is 0.0484. The lowest BCUT2D eigenvalue weighted by Crippen LogP contribution is -2.40. The van der Waals surface area contributed by atoms with Crippen LogP contribution in [0.5, 0.6) is 5.75 Å². The molecule has 3 aromatic heterocycles. The zero-order valence-corrected chi connectivity index (χ0v) is 24.3. The van der Waals surface area contributed by atoms with Crippen LogP contribution in [-0.4, -0.2) is 51.6 Å². The number of ether oxygens (including phenoxy) is 3. The van der Waals surface area contributed by atoms with Crippen molar-refractivity contribution in [3.8, 4) is 22.2 Å². The average molecular weight is 604 g/mol. The van der Waals surface area contributed by atoms with Crippen molar-refractivity contribution in [1.82, 2.24) is 14.1 Å². The third-order valence-corrected chi connectivity index (χ3v) is 8.85. The van der Waals surface area contributed by atoms with Gasteiger partial charge in [0, 0.05) is 18.8 Å². The number of fused-ring (bicyclic) bond motifs is 1. The Bertz CT molecular complexity index is 1900. The Kier molecular flexibility index (Phi) is 7.98. The number of carbonyl (C=O) groups is 1. The topological polar surface area (TPSA) is 135 Å². The van der Waals surface area contributed by atoms with Crippen LogP contribution in [0.25, 0.3) is 26.7 Å². The van der Waals surface area contributed by atoms with E-state index in [1.807, 2.05) is 24.3 Å². The molecule has 0 spiro atoms. The van der Waals surface area contributed by atoms with E-state index in [9.17, 15) is 19.5 Å². The Labute approximate surface area is 249 Å². The zero-order valence-electron chi connectivity index (χ0n) is 23.5. The summed E-state index contributed by atoms with van der Waals surface area (Å²) >= 11 is 1.23. The van der Waals surface area contributed by atoms with Crippen molar-refractivity contribution in [2.24, 2.45) is 0 Å². The van der Waals surface area contributed by atoms with Crippen LogP contribution in [0.2, 0.25) is 0 Å². The maximum atomic E-state index is 14.3. The number of rotatable bonds is 9. The summed E-state index contributed by atoms with van der Waals surface area (Å²) in [7, 11) is 1.58. The first kappa shape index (κ1) is 28.6. The molecule has 1 fully saturated rings. The number of carboxylic acid groups (broad SMARTS) is 1. The largest absolute Gasteiger partial charge is 0.496 e. The summed E-state index contributed by atoms with van der Waals surface area (Å²) in [4.78, 5) is 45.5. The summed E-state index contributed by atoms with van der Waals surface area (Å²) in [5.74, 6) is -0.235. The number of thiophene rings is 1. The summed E-state index contributed by atoms with van der Waals surface area (Å²) in [6.07, 6.45) is 3.63. The molecular formula is C31H29N3O8S. The molecule has 5 aromatic rings. The molecular weight excluding hydrogens is 574 g/mol. The predicted molar refractivity (Wildman–Crippen MR) is 160 cm³/mol. The summed E-state index contributed by atoms with van der Waals surface area (Å²) in [6, 6.07) is 13.2. The van der Waals surface area contributed by atoms with Gasteiger partial charge in [0.15, 0.2) is 0 Å². The fourth-order valence-electron chi connectivity index (χ4n) is 5.41. The summed E-state index contributed by atoms with van der Waals surface area (Å²) in [5.41, 5.74) is 0.257. The van der Waals surface area contributed by atoms with Crippen molar-refractivity contribution in [1.29, 1.82) is 0 Å². The van der Waals surface area contributed by atoms with Gasteiger partial charge in [-0.3, -0.25) is 9.36 Å². The molecule has 4 heterocycles. The molecule has 0 amide bonds. The molecule has 43 heavy (non-hydrogen) atoms. The molecule has 0 unspecified atom stereocenters. The number of aryl methyl sites for hydroxylation is 1. The molecule has 2 aromatic carbocycles. The minimum Gasteiger partial charge on any atom is -0.496 e. The normalized spacial score (nSPS) is 14.7. The highest BCUT2D eigenvalue weighted by molar-refractivity contribution is 7.22. The lowest BCUT2D eigenvalue weighted by atomic mass is 10.1. The monoisotopic (exact) mass is 603 g/mol. The Morgan fingerprint density at radius 3 is 2.67 bits per heavy atom. The van der Waals surface area contributed by atoms with Crippen LogP contribution < -0.4 is 16.0 Å². The van der Waals surface area contributed by atoms with Gasteiger partial charge in [-0.05, 0) is 49.6 Å². The molecule has 1 saturated heterocycles. The Hall–Kier alpha value is -4.52. The second-order valence-electron chi connectivity index (χ2n) is 10.1. The number of nitrogens with zero attached hydrogens (tertiary/aromatic N) is 3. The standard InChI is InChI=1S/C31H29N3O8S/c1-18-25-28(35)34(20-7-5-6-19(16-20)30(36)37)31(38)33(29(25)43-26(18)27-32-12-15-41-27)17-24(42-21-10-13-40-14-11-21)22-8-3-4-9-23(22)39-2/h3-9,12,15-16,21,24H,10-11,13-14,17H2,1-2H3,(H,36,37)/t24-/m0/s1. The Balaban J connectivity index is 1.59. The number of methoxy groups -OCH3 is 1. The Morgan fingerprint density at radius 2 is 1.95 bits per heavy atom. The van der Waals surface area contributed by atoms with E-state index in [2.05, 4.69) is 4.98 Å². The van der Waals surface area contributed by atoms with Gasteiger partial charge in [-0.15, -0.1) is 11.3 Å². The molecule has 0 radical (unpaired) electrons. The maximum absolute atomic E-state index is 14.3. The van der Waals surface area contributed by atoms with Crippen molar-refractivity contribution in [3.05, 3.63) is 98.5 Å². The van der Waals surface area contributed by atoms with E-state index in [1.165, 1.54) is 46.6 Å². The highest BCUT2D eigenvalue weighted by Crippen LogP contribution is 2.37. The molecule has 12 heteroatoms. The van der Waals surface area contributed by atoms with Gasteiger partial charge in [0.1, 0.15) is 22.9 Å². The van der Waals surface area contributed by atoms with Crippen LogP contribution in [0.4, 0.5) is 0 Å². The Morgan fingerprint density at radius 1 is 1.16 bits per heavy atom. The van der Waals surface area contributed by atoms with E-state index in [0.29, 0.717) is 58.4 Å². The number of hydrogen-bond acceptors (Lipinski definition) is 9. The fourth-order valence-corrected chi connectivity index (χ4v) is 6.65. The van der Waals surface area contributed by atoms with Crippen LogP contribution in [-0.2, 0) is 16.0 Å². The zero-order chi connectivity index (χ0) is 30.1. The molecule has 1 aliphatic rings. The molecule has 0 aliphatic carbocycles. The van der Waals surface area contributed by atoms with Gasteiger partial charge in [-0.1, -0.05) is 24.3 Å². The van der Waals surface area contributed by atoms with Crippen molar-refractivity contribution in [3.63, 3.8) is 0 Å². The summed E-state index contributed by atoms with van der Waals surface area (Å²) < 4.78 is 25.9. The van der Waals surface area contributed by atoms with Gasteiger partial charge in [0.25, 0.3) is 5.56 Å². The molecule has 222 valence electrons. The third kappa shape index (κ3) is 5.40. The molecule has 1 N–H and O–H groups in total. The van der Waals surface area contributed by atoms with Gasteiger partial charge < -0.3 is 23.7 Å². The second kappa shape index (κ2) is 12.0. The number of hydrogen-bond donors (Lipinski definition) is 1. The van der Waals surface area contributed by atoms with Gasteiger partial charge in [0.2, 0.25) is 5.89 Å². The second-order valence-corrected chi connectivity index (χ2v) is 11.1. The molecule has 1 aliphatic heterocycles. The highest BCUT2D eigenvalue weighted by atomic mass is 32.1. The quantitative estimate of drug-likeness (QED) is 0.252. The lowest BCUT2D eigenvalue weighted by Gasteiger charge is -2.29. The number of oxazole rings is 1. The number of para-hydroxylation sites is 1. The molecule has 6 rings (SSSR count). The van der Waals surface area contributed by atoms with E-state index >= 15 is 0 Å². The van der Waals surface area contributed by atoms with Crippen LogP contribution >= 0.6 is 11.3 Å².